The summed E-state index contributed by atoms with van der Waals surface area (Å²) in [7, 11) is 0. The first-order valence-electron chi connectivity index (χ1n) is 5.77. The Bertz CT molecular complexity index is 145. The second-order valence-electron chi connectivity index (χ2n) is 4.07. The zero-order valence-corrected chi connectivity index (χ0v) is 9.02. The second-order valence-corrected chi connectivity index (χ2v) is 4.07. The number of nitrogens with zero attached hydrogens (tertiary/aromatic N) is 1. The molecule has 76 valence electrons. The van der Waals surface area contributed by atoms with Crippen LogP contribution in [0.3, 0.4) is 0 Å². The Morgan fingerprint density at radius 1 is 1.15 bits per heavy atom. The predicted octanol–water partition coefficient (Wildman–Crippen LogP) is 3.57. The van der Waals surface area contributed by atoms with Crippen LogP contribution in [0.4, 0.5) is 0 Å². The van der Waals surface area contributed by atoms with Gasteiger partial charge in [-0.3, -0.25) is 0 Å². The highest BCUT2D eigenvalue weighted by Gasteiger charge is 2.12. The minimum Gasteiger partial charge on any atom is -0.375 e. The third-order valence-electron chi connectivity index (χ3n) is 2.87. The first kappa shape index (κ1) is 10.6. The second kappa shape index (κ2) is 6.06. The van der Waals surface area contributed by atoms with Crippen molar-refractivity contribution < 1.29 is 0 Å². The maximum absolute atomic E-state index is 4.16. The van der Waals surface area contributed by atoms with Gasteiger partial charge in [0.2, 0.25) is 0 Å². The summed E-state index contributed by atoms with van der Waals surface area (Å²) in [5.41, 5.74) is 1.38. The molecule has 0 aliphatic carbocycles. The highest BCUT2D eigenvalue weighted by molar-refractivity contribution is 4.95. The van der Waals surface area contributed by atoms with Crippen LogP contribution in [0.15, 0.2) is 12.3 Å². The van der Waals surface area contributed by atoms with Crippen molar-refractivity contribution in [3.63, 3.8) is 0 Å². The number of unbranched alkanes of at least 4 members (excludes halogenated alkanes) is 3. The van der Waals surface area contributed by atoms with Gasteiger partial charge in [-0.1, -0.05) is 32.8 Å². The molecular formula is C12H23N. The molecule has 0 amide bonds. The molecule has 0 N–H and O–H groups in total. The van der Waals surface area contributed by atoms with Crippen molar-refractivity contribution in [2.75, 3.05) is 13.1 Å². The molecule has 0 saturated carbocycles. The molecule has 0 aromatic carbocycles. The Hall–Kier alpha value is -0.460. The highest BCUT2D eigenvalue weighted by Crippen LogP contribution is 2.18. The highest BCUT2D eigenvalue weighted by atomic mass is 15.1. The SMILES string of the molecule is C=C(CCCCCC)N1CCCC1. The van der Waals surface area contributed by atoms with E-state index in [-0.39, 0.29) is 0 Å². The molecule has 1 heteroatoms. The third-order valence-corrected chi connectivity index (χ3v) is 2.87. The molecule has 1 saturated heterocycles. The summed E-state index contributed by atoms with van der Waals surface area (Å²) in [6.07, 6.45) is 9.39. The van der Waals surface area contributed by atoms with Crippen molar-refractivity contribution in [2.45, 2.75) is 51.9 Å². The minimum absolute atomic E-state index is 1.22. The lowest BCUT2D eigenvalue weighted by Crippen LogP contribution is -2.17. The molecule has 13 heavy (non-hydrogen) atoms. The number of hydrogen-bond donors (Lipinski definition) is 0. The van der Waals surface area contributed by atoms with Gasteiger partial charge in [0.25, 0.3) is 0 Å². The molecule has 0 aromatic rings. The van der Waals surface area contributed by atoms with Crippen LogP contribution in [0, 0.1) is 0 Å². The molecule has 1 nitrogen and oxygen atoms in total. The van der Waals surface area contributed by atoms with Crippen LogP contribution in [0.25, 0.3) is 0 Å². The van der Waals surface area contributed by atoms with Gasteiger partial charge >= 0.3 is 0 Å². The summed E-state index contributed by atoms with van der Waals surface area (Å²) >= 11 is 0. The molecular weight excluding hydrogens is 158 g/mol. The maximum atomic E-state index is 4.16. The molecule has 1 aliphatic heterocycles. The van der Waals surface area contributed by atoms with E-state index in [1.165, 1.54) is 63.7 Å². The van der Waals surface area contributed by atoms with Crippen molar-refractivity contribution in [1.82, 2.24) is 4.90 Å². The largest absolute Gasteiger partial charge is 0.375 e. The van der Waals surface area contributed by atoms with Crippen LogP contribution >= 0.6 is 0 Å². The summed E-state index contributed by atoms with van der Waals surface area (Å²) in [5.74, 6) is 0. The Balaban J connectivity index is 2.03. The van der Waals surface area contributed by atoms with Gasteiger partial charge in [-0.15, -0.1) is 0 Å². The lowest BCUT2D eigenvalue weighted by atomic mass is 10.1. The summed E-state index contributed by atoms with van der Waals surface area (Å²) < 4.78 is 0. The summed E-state index contributed by atoms with van der Waals surface area (Å²) in [5, 5.41) is 0. The van der Waals surface area contributed by atoms with E-state index < -0.39 is 0 Å². The lowest BCUT2D eigenvalue weighted by Gasteiger charge is -2.20. The molecule has 1 aliphatic rings. The van der Waals surface area contributed by atoms with Crippen molar-refractivity contribution in [3.8, 4) is 0 Å². The zero-order valence-electron chi connectivity index (χ0n) is 9.02. The quantitative estimate of drug-likeness (QED) is 0.566. The lowest BCUT2D eigenvalue weighted by molar-refractivity contribution is 0.404. The van der Waals surface area contributed by atoms with Gasteiger partial charge in [0.15, 0.2) is 0 Å². The molecule has 1 rings (SSSR count). The van der Waals surface area contributed by atoms with Gasteiger partial charge < -0.3 is 4.90 Å². The number of likely N-dealkylation sites (tertiary alicyclic amines) is 1. The molecule has 1 fully saturated rings. The number of allylic oxidation sites excluding steroid dienone is 1. The molecule has 0 aromatic heterocycles. The average molecular weight is 181 g/mol. The van der Waals surface area contributed by atoms with E-state index in [1.807, 2.05) is 0 Å². The molecule has 0 radical (unpaired) electrons. The van der Waals surface area contributed by atoms with Crippen molar-refractivity contribution in [2.24, 2.45) is 0 Å². The van der Waals surface area contributed by atoms with E-state index in [2.05, 4.69) is 18.4 Å². The first-order valence-corrected chi connectivity index (χ1v) is 5.77. The van der Waals surface area contributed by atoms with Gasteiger partial charge in [0.05, 0.1) is 0 Å². The molecule has 0 atom stereocenters. The fourth-order valence-electron chi connectivity index (χ4n) is 1.95. The van der Waals surface area contributed by atoms with Crippen LogP contribution in [0.2, 0.25) is 0 Å². The van der Waals surface area contributed by atoms with E-state index in [9.17, 15) is 0 Å². The van der Waals surface area contributed by atoms with Gasteiger partial charge in [-0.2, -0.15) is 0 Å². The Kier molecular flexibility index (Phi) is 4.95. The number of rotatable bonds is 6. The molecule has 0 unspecified atom stereocenters. The summed E-state index contributed by atoms with van der Waals surface area (Å²) in [4.78, 5) is 2.46. The monoisotopic (exact) mass is 181 g/mol. The van der Waals surface area contributed by atoms with Crippen LogP contribution in [0.5, 0.6) is 0 Å². The van der Waals surface area contributed by atoms with Crippen molar-refractivity contribution >= 4 is 0 Å². The summed E-state index contributed by atoms with van der Waals surface area (Å²) in [6.45, 7) is 8.93. The molecule has 0 bridgehead atoms. The van der Waals surface area contributed by atoms with E-state index in [0.717, 1.165) is 0 Å². The topological polar surface area (TPSA) is 3.24 Å². The van der Waals surface area contributed by atoms with Crippen LogP contribution < -0.4 is 0 Å². The smallest absolute Gasteiger partial charge is 0.0175 e. The van der Waals surface area contributed by atoms with Gasteiger partial charge in [0, 0.05) is 18.8 Å². The van der Waals surface area contributed by atoms with Gasteiger partial charge in [-0.05, 0) is 25.7 Å². The van der Waals surface area contributed by atoms with Crippen LogP contribution in [-0.2, 0) is 0 Å². The Morgan fingerprint density at radius 3 is 2.46 bits per heavy atom. The van der Waals surface area contributed by atoms with Crippen molar-refractivity contribution in [3.05, 3.63) is 12.3 Å². The Morgan fingerprint density at radius 2 is 1.85 bits per heavy atom. The summed E-state index contributed by atoms with van der Waals surface area (Å²) in [6, 6.07) is 0. The zero-order chi connectivity index (χ0) is 9.52. The molecule has 1 heterocycles. The van der Waals surface area contributed by atoms with Gasteiger partial charge in [0.1, 0.15) is 0 Å². The average Bonchev–Trinajstić information content (AvgIpc) is 2.65. The fraction of sp³-hybridized carbons (Fsp3) is 0.833. The van der Waals surface area contributed by atoms with Crippen LogP contribution in [0.1, 0.15) is 51.9 Å². The van der Waals surface area contributed by atoms with Crippen molar-refractivity contribution in [1.29, 1.82) is 0 Å². The first-order chi connectivity index (χ1) is 6.34. The van der Waals surface area contributed by atoms with E-state index in [1.54, 1.807) is 0 Å². The predicted molar refractivity (Wildman–Crippen MR) is 58.7 cm³/mol. The van der Waals surface area contributed by atoms with Crippen LogP contribution in [-0.4, -0.2) is 18.0 Å². The normalized spacial score (nSPS) is 16.5. The fourth-order valence-corrected chi connectivity index (χ4v) is 1.95. The third kappa shape index (κ3) is 3.84. The number of hydrogen-bond acceptors (Lipinski definition) is 1. The van der Waals surface area contributed by atoms with Gasteiger partial charge in [-0.25, -0.2) is 0 Å². The van der Waals surface area contributed by atoms with E-state index >= 15 is 0 Å². The maximum Gasteiger partial charge on any atom is 0.0175 e. The standard InChI is InChI=1S/C12H23N/c1-3-4-5-6-9-12(2)13-10-7-8-11-13/h2-11H2,1H3. The Labute approximate surface area is 82.8 Å². The minimum atomic E-state index is 1.22. The molecule has 0 spiro atoms. The van der Waals surface area contributed by atoms with E-state index in [4.69, 9.17) is 0 Å². The van der Waals surface area contributed by atoms with E-state index in [0.29, 0.717) is 0 Å².